The van der Waals surface area contributed by atoms with Crippen LogP contribution in [0.1, 0.15) is 83.3 Å². The Morgan fingerprint density at radius 3 is 1.58 bits per heavy atom. The fourth-order valence-electron chi connectivity index (χ4n) is 7.25. The predicted octanol–water partition coefficient (Wildman–Crippen LogP) is 11.2. The Kier molecular flexibility index (Phi) is 16.6. The van der Waals surface area contributed by atoms with Crippen LogP contribution in [0.25, 0.3) is 32.9 Å². The molecule has 0 saturated carbocycles. The summed E-state index contributed by atoms with van der Waals surface area (Å²) in [5, 5.41) is 26.8. The van der Waals surface area contributed by atoms with Gasteiger partial charge in [0.2, 0.25) is 11.8 Å². The highest BCUT2D eigenvalue weighted by molar-refractivity contribution is 9.10. The van der Waals surface area contributed by atoms with Gasteiger partial charge in [-0.15, -0.1) is 0 Å². The molecule has 1 aliphatic rings. The van der Waals surface area contributed by atoms with Crippen LogP contribution in [0.4, 0.5) is 11.6 Å². The lowest BCUT2D eigenvalue weighted by Crippen LogP contribution is -2.41. The van der Waals surface area contributed by atoms with Crippen LogP contribution < -0.4 is 25.6 Å². The van der Waals surface area contributed by atoms with Crippen molar-refractivity contribution in [2.45, 2.75) is 72.3 Å². The zero-order valence-electron chi connectivity index (χ0n) is 39.0. The van der Waals surface area contributed by atoms with Gasteiger partial charge in [0.25, 0.3) is 0 Å². The Labute approximate surface area is 412 Å². The molecule has 0 radical (unpaired) electrons. The molecular weight excluding hydrogens is 931 g/mol. The molecule has 1 aliphatic heterocycles. The van der Waals surface area contributed by atoms with Gasteiger partial charge in [0.1, 0.15) is 47.6 Å². The first-order valence-corrected chi connectivity index (χ1v) is 22.6. The number of aromatic nitrogens is 6. The molecule has 5 heterocycles. The summed E-state index contributed by atoms with van der Waals surface area (Å²) in [5.41, 5.74) is 6.91. The average Bonchev–Trinajstić information content (AvgIpc) is 3.59. The van der Waals surface area contributed by atoms with Gasteiger partial charge in [0, 0.05) is 45.3 Å². The minimum Gasteiger partial charge on any atom is -0.480 e. The van der Waals surface area contributed by atoms with Crippen LogP contribution in [0.3, 0.4) is 0 Å². The maximum absolute atomic E-state index is 9.34. The zero-order valence-corrected chi connectivity index (χ0v) is 40.6. The van der Waals surface area contributed by atoms with Crippen molar-refractivity contribution in [3.63, 3.8) is 0 Å². The van der Waals surface area contributed by atoms with Crippen LogP contribution in [-0.4, -0.2) is 62.4 Å². The third kappa shape index (κ3) is 12.0. The number of pyridine rings is 2. The van der Waals surface area contributed by atoms with Crippen molar-refractivity contribution in [1.82, 2.24) is 29.9 Å². The predicted molar refractivity (Wildman–Crippen MR) is 276 cm³/mol. The van der Waals surface area contributed by atoms with E-state index in [1.807, 2.05) is 72.8 Å². The number of benzene rings is 4. The second kappa shape index (κ2) is 22.5. The van der Waals surface area contributed by atoms with Gasteiger partial charge < -0.3 is 29.4 Å². The van der Waals surface area contributed by atoms with Crippen LogP contribution in [-0.2, 0) is 9.31 Å². The number of hydrogen-bond donors (Lipinski definition) is 2. The molecule has 9 rings (SSSR count). The zero-order chi connectivity index (χ0) is 48.4. The number of nitriles is 2. The summed E-state index contributed by atoms with van der Waals surface area (Å²) in [6.45, 7) is 12.5. The van der Waals surface area contributed by atoms with E-state index >= 15 is 0 Å². The summed E-state index contributed by atoms with van der Waals surface area (Å²) in [4.78, 5) is 25.9. The van der Waals surface area contributed by atoms with Gasteiger partial charge in [-0.25, -0.2) is 29.9 Å². The Bertz CT molecular complexity index is 3100. The number of rotatable bonds is 10. The van der Waals surface area contributed by atoms with Gasteiger partial charge in [0.05, 0.1) is 36.5 Å². The Balaban J connectivity index is 0.000000185. The van der Waals surface area contributed by atoms with Gasteiger partial charge in [-0.05, 0) is 116 Å². The largest absolute Gasteiger partial charge is 0.494 e. The molecule has 0 bridgehead atoms. The molecule has 1 fully saturated rings. The van der Waals surface area contributed by atoms with Crippen molar-refractivity contribution >= 4 is 62.0 Å². The van der Waals surface area contributed by atoms with E-state index in [-0.39, 0.29) is 30.7 Å². The summed E-state index contributed by atoms with van der Waals surface area (Å²) >= 11 is 3.20. The first-order chi connectivity index (χ1) is 32.7. The minimum absolute atomic E-state index is 0. The molecule has 16 heteroatoms. The first-order valence-electron chi connectivity index (χ1n) is 21.8. The van der Waals surface area contributed by atoms with Crippen molar-refractivity contribution in [3.8, 4) is 35.0 Å². The number of anilines is 2. The van der Waals surface area contributed by atoms with E-state index in [9.17, 15) is 5.26 Å². The highest BCUT2D eigenvalue weighted by Crippen LogP contribution is 2.37. The van der Waals surface area contributed by atoms with Crippen LogP contribution in [0.2, 0.25) is 0 Å². The van der Waals surface area contributed by atoms with Crippen molar-refractivity contribution in [2.75, 3.05) is 24.9 Å². The van der Waals surface area contributed by atoms with E-state index in [2.05, 4.69) is 134 Å². The number of fused-ring (bicyclic) bond motifs is 2. The molecule has 1 saturated heterocycles. The van der Waals surface area contributed by atoms with Crippen LogP contribution in [0.5, 0.6) is 11.8 Å². The lowest BCUT2D eigenvalue weighted by Gasteiger charge is -2.32. The topological polar surface area (TPSA) is 186 Å². The van der Waals surface area contributed by atoms with Crippen LogP contribution >= 0.6 is 15.9 Å². The van der Waals surface area contributed by atoms with Gasteiger partial charge in [0.15, 0.2) is 0 Å². The molecular formula is C53H54BBrN10O4. The molecule has 350 valence electrons. The fourth-order valence-corrected chi connectivity index (χ4v) is 7.58. The second-order valence-electron chi connectivity index (χ2n) is 16.8. The van der Waals surface area contributed by atoms with Crippen LogP contribution in [0.15, 0.2) is 139 Å². The third-order valence-electron chi connectivity index (χ3n) is 11.8. The quantitative estimate of drug-likeness (QED) is 0.123. The van der Waals surface area contributed by atoms with Crippen molar-refractivity contribution < 1.29 is 18.8 Å². The van der Waals surface area contributed by atoms with Gasteiger partial charge >= 0.3 is 7.12 Å². The molecule has 4 aromatic carbocycles. The number of ether oxygens (including phenoxy) is 2. The molecule has 4 aromatic heterocycles. The van der Waals surface area contributed by atoms with E-state index in [1.165, 1.54) is 25.3 Å². The summed E-state index contributed by atoms with van der Waals surface area (Å²) in [6.07, 6.45) is 6.44. The molecule has 8 aromatic rings. The van der Waals surface area contributed by atoms with Crippen molar-refractivity contribution in [1.29, 1.82) is 10.5 Å². The van der Waals surface area contributed by atoms with E-state index in [0.717, 1.165) is 54.5 Å². The lowest BCUT2D eigenvalue weighted by atomic mass is 9.78. The summed E-state index contributed by atoms with van der Waals surface area (Å²) < 4.78 is 23.2. The van der Waals surface area contributed by atoms with E-state index in [4.69, 9.17) is 24.0 Å². The standard InChI is InChI=1S/C23H19N5O.C22H26BN3O2.C7H5BrN2O.CH4/c1-15(16-6-4-3-5-7-16)28-22-20-11-17(8-9-21(20)26-14-27-22)19-10-18(12-24)23(29-2)25-13-19;1-15(16-9-7-6-8-10-16)26-20-18-13-17(11-12-19(18)24-14-25-20)23-27-21(2,3)22(4,5)28-23;1-11-7-5(3-9)2-6(8)4-10-7;/h3-11,13-15H,1-2H3,(H,26,27,28);6-15H,1-5H3,(H,24,25,26);2,4H,1H3;1H4/t2*15-;;/m11../s1. The summed E-state index contributed by atoms with van der Waals surface area (Å²) in [6, 6.07) is 40.3. The Hall–Kier alpha value is -7.50. The minimum atomic E-state index is -0.408. The third-order valence-corrected chi connectivity index (χ3v) is 12.2. The first kappa shape index (κ1) is 50.9. The smallest absolute Gasteiger partial charge is 0.480 e. The normalized spacial score (nSPS) is 14.0. The fraction of sp³-hybridized carbons (Fsp3) is 0.245. The molecule has 0 amide bonds. The van der Waals surface area contributed by atoms with Gasteiger partial charge in [-0.1, -0.05) is 80.2 Å². The SMILES string of the molecule is C.COc1ncc(-c2ccc3ncnc(N[C@H](C)c4ccccc4)c3c2)cc1C#N.COc1ncc(Br)cc1C#N.C[C@@H](Nc1ncnc2ccc(B3OC(C)(C)C(C)(C)O3)cc12)c1ccccc1. The molecule has 0 spiro atoms. The molecule has 2 N–H and O–H groups in total. The highest BCUT2D eigenvalue weighted by Gasteiger charge is 2.51. The molecule has 0 unspecified atom stereocenters. The maximum atomic E-state index is 9.34. The number of methoxy groups -OCH3 is 2. The molecule has 69 heavy (non-hydrogen) atoms. The highest BCUT2D eigenvalue weighted by atomic mass is 79.9. The number of halogens is 1. The van der Waals surface area contributed by atoms with Gasteiger partial charge in [-0.2, -0.15) is 10.5 Å². The summed E-state index contributed by atoms with van der Waals surface area (Å²) in [5.74, 6) is 2.24. The molecule has 2 atom stereocenters. The number of hydrogen-bond acceptors (Lipinski definition) is 14. The maximum Gasteiger partial charge on any atom is 0.494 e. The van der Waals surface area contributed by atoms with E-state index in [1.54, 1.807) is 37.2 Å². The lowest BCUT2D eigenvalue weighted by molar-refractivity contribution is 0.00578. The Morgan fingerprint density at radius 1 is 0.594 bits per heavy atom. The Morgan fingerprint density at radius 2 is 1.07 bits per heavy atom. The summed E-state index contributed by atoms with van der Waals surface area (Å²) in [7, 11) is 2.58. The number of nitrogens with zero attached hydrogens (tertiary/aromatic N) is 8. The van der Waals surface area contributed by atoms with E-state index in [0.29, 0.717) is 22.9 Å². The molecule has 14 nitrogen and oxygen atoms in total. The van der Waals surface area contributed by atoms with Crippen LogP contribution in [0, 0.1) is 22.7 Å². The second-order valence-corrected chi connectivity index (χ2v) is 17.7. The average molecular weight is 986 g/mol. The van der Waals surface area contributed by atoms with Crippen molar-refractivity contribution in [2.24, 2.45) is 0 Å². The molecule has 0 aliphatic carbocycles. The van der Waals surface area contributed by atoms with Crippen molar-refractivity contribution in [3.05, 3.63) is 161 Å². The monoisotopic (exact) mass is 984 g/mol. The van der Waals surface area contributed by atoms with Gasteiger partial charge in [-0.3, -0.25) is 0 Å². The van der Waals surface area contributed by atoms with E-state index < -0.39 is 7.12 Å². The number of nitrogens with one attached hydrogen (secondary N) is 2.